The molecule has 3 atom stereocenters. The summed E-state index contributed by atoms with van der Waals surface area (Å²) < 4.78 is 10.3. The summed E-state index contributed by atoms with van der Waals surface area (Å²) in [6.07, 6.45) is 7.48. The third-order valence-corrected chi connectivity index (χ3v) is 3.82. The van der Waals surface area contributed by atoms with Crippen molar-refractivity contribution in [2.24, 2.45) is 11.8 Å². The molecule has 2 rings (SSSR count). The fraction of sp³-hybridized carbons (Fsp3) is 0.769. The zero-order valence-electron chi connectivity index (χ0n) is 9.85. The van der Waals surface area contributed by atoms with Crippen molar-refractivity contribution in [3.63, 3.8) is 0 Å². The van der Waals surface area contributed by atoms with E-state index >= 15 is 0 Å². The number of hydrogen-bond acceptors (Lipinski definition) is 3. The van der Waals surface area contributed by atoms with Crippen molar-refractivity contribution in [2.75, 3.05) is 0 Å². The van der Waals surface area contributed by atoms with Gasteiger partial charge in [-0.1, -0.05) is 25.3 Å². The highest BCUT2D eigenvalue weighted by Gasteiger charge is 2.41. The van der Waals surface area contributed by atoms with Gasteiger partial charge in [0.1, 0.15) is 12.2 Å². The average molecular weight is 224 g/mol. The Bertz CT molecular complexity index is 268. The molecule has 0 bridgehead atoms. The molecule has 1 saturated heterocycles. The topological polar surface area (TPSA) is 35.5 Å². The Hall–Kier alpha value is -0.990. The van der Waals surface area contributed by atoms with E-state index in [0.717, 1.165) is 0 Å². The van der Waals surface area contributed by atoms with E-state index in [-0.39, 0.29) is 18.1 Å². The SMILES string of the molecule is C=C[C@@H](C1CCCCC1)[C@H]1OC(=O)O[C@H]1C. The van der Waals surface area contributed by atoms with Gasteiger partial charge in [0.25, 0.3) is 0 Å². The van der Waals surface area contributed by atoms with Crippen LogP contribution in [0.15, 0.2) is 12.7 Å². The number of ether oxygens (including phenoxy) is 2. The van der Waals surface area contributed by atoms with Crippen molar-refractivity contribution in [1.82, 2.24) is 0 Å². The number of hydrogen-bond donors (Lipinski definition) is 0. The van der Waals surface area contributed by atoms with Gasteiger partial charge in [0.15, 0.2) is 0 Å². The monoisotopic (exact) mass is 224 g/mol. The Morgan fingerprint density at radius 1 is 1.31 bits per heavy atom. The Morgan fingerprint density at radius 2 is 2.00 bits per heavy atom. The normalized spacial score (nSPS) is 32.9. The molecule has 1 heterocycles. The second kappa shape index (κ2) is 4.89. The van der Waals surface area contributed by atoms with Gasteiger partial charge >= 0.3 is 6.16 Å². The molecule has 0 radical (unpaired) electrons. The largest absolute Gasteiger partial charge is 0.509 e. The summed E-state index contributed by atoms with van der Waals surface area (Å²) in [5.41, 5.74) is 0. The molecule has 2 fully saturated rings. The molecule has 3 heteroatoms. The number of cyclic esters (lactones) is 2. The summed E-state index contributed by atoms with van der Waals surface area (Å²) in [6.45, 7) is 5.79. The molecule has 3 nitrogen and oxygen atoms in total. The molecule has 2 aliphatic rings. The fourth-order valence-electron chi connectivity index (χ4n) is 2.96. The van der Waals surface area contributed by atoms with Crippen molar-refractivity contribution in [2.45, 2.75) is 51.2 Å². The van der Waals surface area contributed by atoms with Gasteiger partial charge in [-0.15, -0.1) is 6.58 Å². The number of rotatable bonds is 3. The molecular weight excluding hydrogens is 204 g/mol. The van der Waals surface area contributed by atoms with E-state index in [9.17, 15) is 4.79 Å². The van der Waals surface area contributed by atoms with E-state index < -0.39 is 6.16 Å². The third kappa shape index (κ3) is 2.23. The first-order valence-electron chi connectivity index (χ1n) is 6.22. The maximum Gasteiger partial charge on any atom is 0.509 e. The standard InChI is InChI=1S/C13H20O3/c1-3-11(10-7-5-4-6-8-10)12-9(2)15-13(14)16-12/h3,9-12H,1,4-8H2,2H3/t9-,11-,12-/m0/s1. The maximum absolute atomic E-state index is 11.1. The summed E-state index contributed by atoms with van der Waals surface area (Å²) in [7, 11) is 0. The molecule has 0 aromatic carbocycles. The molecule has 0 aromatic heterocycles. The van der Waals surface area contributed by atoms with Gasteiger partial charge in [-0.05, 0) is 25.7 Å². The van der Waals surface area contributed by atoms with Gasteiger partial charge in [-0.3, -0.25) is 0 Å². The van der Waals surface area contributed by atoms with Gasteiger partial charge in [0.2, 0.25) is 0 Å². The van der Waals surface area contributed by atoms with E-state index in [2.05, 4.69) is 6.58 Å². The van der Waals surface area contributed by atoms with Gasteiger partial charge in [0.05, 0.1) is 0 Å². The lowest BCUT2D eigenvalue weighted by molar-refractivity contribution is 0.0764. The van der Waals surface area contributed by atoms with Crippen LogP contribution in [0.3, 0.4) is 0 Å². The number of carbonyl (C=O) groups is 1. The van der Waals surface area contributed by atoms with Crippen LogP contribution in [0.4, 0.5) is 4.79 Å². The molecule has 0 N–H and O–H groups in total. The van der Waals surface area contributed by atoms with E-state index in [1.54, 1.807) is 0 Å². The van der Waals surface area contributed by atoms with Crippen molar-refractivity contribution in [1.29, 1.82) is 0 Å². The van der Waals surface area contributed by atoms with E-state index in [1.807, 2.05) is 13.0 Å². The van der Waals surface area contributed by atoms with Crippen LogP contribution in [0.25, 0.3) is 0 Å². The fourth-order valence-corrected chi connectivity index (χ4v) is 2.96. The summed E-state index contributed by atoms with van der Waals surface area (Å²) in [6, 6.07) is 0. The summed E-state index contributed by atoms with van der Waals surface area (Å²) in [5.74, 6) is 0.856. The number of carbonyl (C=O) groups excluding carboxylic acids is 1. The first-order valence-corrected chi connectivity index (χ1v) is 6.22. The second-order valence-electron chi connectivity index (χ2n) is 4.87. The molecule has 1 aliphatic heterocycles. The highest BCUT2D eigenvalue weighted by molar-refractivity contribution is 5.62. The summed E-state index contributed by atoms with van der Waals surface area (Å²) in [4.78, 5) is 11.1. The lowest BCUT2D eigenvalue weighted by Crippen LogP contribution is -2.33. The Kier molecular flexibility index (Phi) is 3.52. The molecule has 0 unspecified atom stereocenters. The summed E-state index contributed by atoms with van der Waals surface area (Å²) in [5, 5.41) is 0. The van der Waals surface area contributed by atoms with E-state index in [1.165, 1.54) is 32.1 Å². The van der Waals surface area contributed by atoms with Gasteiger partial charge in [-0.2, -0.15) is 0 Å². The maximum atomic E-state index is 11.1. The van der Waals surface area contributed by atoms with Crippen molar-refractivity contribution in [3.8, 4) is 0 Å². The minimum atomic E-state index is -0.528. The Morgan fingerprint density at radius 3 is 2.50 bits per heavy atom. The van der Waals surface area contributed by atoms with Gasteiger partial charge < -0.3 is 9.47 Å². The van der Waals surface area contributed by atoms with Crippen LogP contribution < -0.4 is 0 Å². The second-order valence-corrected chi connectivity index (χ2v) is 4.87. The Labute approximate surface area is 96.8 Å². The Balaban J connectivity index is 2.03. The lowest BCUT2D eigenvalue weighted by Gasteiger charge is -2.31. The minimum Gasteiger partial charge on any atom is -0.427 e. The third-order valence-electron chi connectivity index (χ3n) is 3.82. The van der Waals surface area contributed by atoms with E-state index in [4.69, 9.17) is 9.47 Å². The van der Waals surface area contributed by atoms with Crippen LogP contribution in [-0.2, 0) is 9.47 Å². The van der Waals surface area contributed by atoms with Gasteiger partial charge in [-0.25, -0.2) is 4.79 Å². The smallest absolute Gasteiger partial charge is 0.427 e. The predicted octanol–water partition coefficient (Wildman–Crippen LogP) is 3.29. The molecule has 0 spiro atoms. The van der Waals surface area contributed by atoms with Crippen molar-refractivity contribution >= 4 is 6.16 Å². The van der Waals surface area contributed by atoms with Crippen LogP contribution in [-0.4, -0.2) is 18.4 Å². The molecule has 1 aliphatic carbocycles. The molecule has 0 aromatic rings. The molecule has 1 saturated carbocycles. The lowest BCUT2D eigenvalue weighted by atomic mass is 9.76. The van der Waals surface area contributed by atoms with Crippen LogP contribution in [0.2, 0.25) is 0 Å². The first kappa shape index (κ1) is 11.5. The zero-order valence-corrected chi connectivity index (χ0v) is 9.85. The minimum absolute atomic E-state index is 0.131. The highest BCUT2D eigenvalue weighted by Crippen LogP contribution is 2.36. The zero-order chi connectivity index (χ0) is 11.5. The van der Waals surface area contributed by atoms with Crippen LogP contribution in [0, 0.1) is 11.8 Å². The van der Waals surface area contributed by atoms with Gasteiger partial charge in [0, 0.05) is 5.92 Å². The van der Waals surface area contributed by atoms with Crippen LogP contribution in [0.5, 0.6) is 0 Å². The van der Waals surface area contributed by atoms with E-state index in [0.29, 0.717) is 5.92 Å². The van der Waals surface area contributed by atoms with Crippen molar-refractivity contribution in [3.05, 3.63) is 12.7 Å². The average Bonchev–Trinajstić information content (AvgIpc) is 2.61. The van der Waals surface area contributed by atoms with Crippen LogP contribution >= 0.6 is 0 Å². The van der Waals surface area contributed by atoms with Crippen molar-refractivity contribution < 1.29 is 14.3 Å². The quantitative estimate of drug-likeness (QED) is 0.545. The molecule has 16 heavy (non-hydrogen) atoms. The van der Waals surface area contributed by atoms with Crippen LogP contribution in [0.1, 0.15) is 39.0 Å². The molecule has 90 valence electrons. The summed E-state index contributed by atoms with van der Waals surface area (Å²) >= 11 is 0. The predicted molar refractivity (Wildman–Crippen MR) is 61.1 cm³/mol. The molecule has 0 amide bonds. The first-order chi connectivity index (χ1) is 7.72. The molecular formula is C13H20O3. The highest BCUT2D eigenvalue weighted by atomic mass is 16.8.